The van der Waals surface area contributed by atoms with Gasteiger partial charge < -0.3 is 24.7 Å². The van der Waals surface area contributed by atoms with Crippen molar-refractivity contribution >= 4 is 23.6 Å². The maximum Gasteiger partial charge on any atom is 0.410 e. The molecular weight excluding hydrogens is 372 g/mol. The average molecular weight is 401 g/mol. The Bertz CT molecular complexity index is 671. The highest BCUT2D eigenvalue weighted by Gasteiger charge is 2.35. The fraction of sp³-hybridized carbons (Fsp3) is 0.722. The lowest BCUT2D eigenvalue weighted by atomic mass is 10.0. The van der Waals surface area contributed by atoms with Crippen LogP contribution in [-0.2, 0) is 15.9 Å². The van der Waals surface area contributed by atoms with Crippen LogP contribution < -0.4 is 5.32 Å². The van der Waals surface area contributed by atoms with Crippen molar-refractivity contribution in [2.75, 3.05) is 19.7 Å². The number of aromatic amines is 1. The van der Waals surface area contributed by atoms with Crippen molar-refractivity contribution in [3.63, 3.8) is 0 Å². The lowest BCUT2D eigenvalue weighted by Gasteiger charge is -2.38. The third kappa shape index (κ3) is 5.84. The second-order valence-electron chi connectivity index (χ2n) is 7.50. The summed E-state index contributed by atoms with van der Waals surface area (Å²) in [6.07, 6.45) is 0.526. The van der Waals surface area contributed by atoms with Crippen molar-refractivity contribution in [2.45, 2.75) is 65.2 Å². The minimum atomic E-state index is -0.557. The van der Waals surface area contributed by atoms with Gasteiger partial charge in [0.2, 0.25) is 0 Å². The van der Waals surface area contributed by atoms with E-state index in [1.54, 1.807) is 4.90 Å². The lowest BCUT2D eigenvalue weighted by Crippen LogP contribution is -2.57. The van der Waals surface area contributed by atoms with E-state index in [1.807, 2.05) is 34.6 Å². The summed E-state index contributed by atoms with van der Waals surface area (Å²) >= 11 is 6.01. The number of hydrogen-bond donors (Lipinski definition) is 2. The van der Waals surface area contributed by atoms with E-state index in [2.05, 4.69) is 15.3 Å². The zero-order valence-electron chi connectivity index (χ0n) is 16.6. The molecule has 0 saturated carbocycles. The Morgan fingerprint density at radius 1 is 1.37 bits per heavy atom. The van der Waals surface area contributed by atoms with Crippen molar-refractivity contribution in [1.82, 2.24) is 20.2 Å². The Morgan fingerprint density at radius 2 is 2.07 bits per heavy atom. The molecule has 1 fully saturated rings. The lowest BCUT2D eigenvalue weighted by molar-refractivity contribution is -0.0298. The van der Waals surface area contributed by atoms with E-state index < -0.39 is 5.60 Å². The Balaban J connectivity index is 2.02. The van der Waals surface area contributed by atoms with E-state index >= 15 is 0 Å². The molecule has 2 heterocycles. The van der Waals surface area contributed by atoms with Crippen LogP contribution in [0.4, 0.5) is 4.79 Å². The minimum absolute atomic E-state index is 0.182. The smallest absolute Gasteiger partial charge is 0.410 e. The quantitative estimate of drug-likeness (QED) is 0.792. The van der Waals surface area contributed by atoms with Crippen LogP contribution in [0.25, 0.3) is 0 Å². The first-order valence-electron chi connectivity index (χ1n) is 9.29. The summed E-state index contributed by atoms with van der Waals surface area (Å²) in [5.41, 5.74) is 0.168. The first kappa shape index (κ1) is 21.5. The van der Waals surface area contributed by atoms with Crippen molar-refractivity contribution < 1.29 is 19.1 Å². The summed E-state index contributed by atoms with van der Waals surface area (Å²) in [5.74, 6) is -0.154. The maximum absolute atomic E-state index is 12.5. The van der Waals surface area contributed by atoms with E-state index in [-0.39, 0.29) is 30.0 Å². The number of piperidine rings is 1. The fourth-order valence-corrected chi connectivity index (χ4v) is 3.19. The number of imidazole rings is 1. The number of halogens is 1. The number of nitrogens with one attached hydrogen (secondary N) is 2. The molecule has 0 spiro atoms. The molecule has 0 radical (unpaired) electrons. The molecule has 1 saturated heterocycles. The standard InChI is InChI=1S/C18H29ClN4O4/c1-6-11-14(19)22-15(20-11)16(24)21-12-8-9-23(10-13(12)26-7-2)17(25)27-18(3,4)5/h12-13H,6-10H2,1-5H3,(H,20,22)(H,21,24)/t12-,13+/m1/s1. The van der Waals surface area contributed by atoms with E-state index in [0.717, 1.165) is 5.69 Å². The number of ether oxygens (including phenoxy) is 2. The second-order valence-corrected chi connectivity index (χ2v) is 7.86. The summed E-state index contributed by atoms with van der Waals surface area (Å²) in [6.45, 7) is 10.6. The largest absolute Gasteiger partial charge is 0.444 e. The Kier molecular flexibility index (Phi) is 7.11. The summed E-state index contributed by atoms with van der Waals surface area (Å²) in [7, 11) is 0. The third-order valence-corrected chi connectivity index (χ3v) is 4.52. The van der Waals surface area contributed by atoms with Crippen LogP contribution in [0.2, 0.25) is 5.15 Å². The molecule has 0 unspecified atom stereocenters. The molecule has 0 aromatic carbocycles. The average Bonchev–Trinajstić information content (AvgIpc) is 2.96. The number of aryl methyl sites for hydroxylation is 1. The highest BCUT2D eigenvalue weighted by Crippen LogP contribution is 2.19. The highest BCUT2D eigenvalue weighted by atomic mass is 35.5. The first-order chi connectivity index (χ1) is 12.6. The Labute approximate surface area is 164 Å². The molecular formula is C18H29ClN4O4. The van der Waals surface area contributed by atoms with Crippen molar-refractivity contribution in [3.05, 3.63) is 16.7 Å². The molecule has 2 N–H and O–H groups in total. The summed E-state index contributed by atoms with van der Waals surface area (Å²) in [4.78, 5) is 33.5. The normalized spacial score (nSPS) is 20.4. The number of hydrogen-bond acceptors (Lipinski definition) is 5. The first-order valence-corrected chi connectivity index (χ1v) is 9.67. The summed E-state index contributed by atoms with van der Waals surface area (Å²) in [6, 6.07) is -0.231. The molecule has 27 heavy (non-hydrogen) atoms. The number of aromatic nitrogens is 2. The van der Waals surface area contributed by atoms with Gasteiger partial charge in [-0.2, -0.15) is 0 Å². The van der Waals surface area contributed by atoms with E-state index in [0.29, 0.717) is 37.7 Å². The molecule has 152 valence electrons. The monoisotopic (exact) mass is 400 g/mol. The van der Waals surface area contributed by atoms with Gasteiger partial charge in [-0.3, -0.25) is 4.79 Å². The maximum atomic E-state index is 12.5. The zero-order chi connectivity index (χ0) is 20.2. The van der Waals surface area contributed by atoms with Gasteiger partial charge in [0.1, 0.15) is 5.60 Å². The van der Waals surface area contributed by atoms with E-state index in [9.17, 15) is 9.59 Å². The summed E-state index contributed by atoms with van der Waals surface area (Å²) in [5, 5.41) is 3.26. The van der Waals surface area contributed by atoms with Gasteiger partial charge in [0.15, 0.2) is 11.0 Å². The van der Waals surface area contributed by atoms with Crippen LogP contribution in [0.1, 0.15) is 57.4 Å². The number of carbonyl (C=O) groups is 2. The molecule has 2 amide bonds. The van der Waals surface area contributed by atoms with Crippen LogP contribution >= 0.6 is 11.6 Å². The molecule has 2 atom stereocenters. The van der Waals surface area contributed by atoms with E-state index in [4.69, 9.17) is 21.1 Å². The van der Waals surface area contributed by atoms with Crippen LogP contribution in [0.15, 0.2) is 0 Å². The molecule has 0 bridgehead atoms. The summed E-state index contributed by atoms with van der Waals surface area (Å²) < 4.78 is 11.2. The molecule has 1 aromatic heterocycles. The third-order valence-electron chi connectivity index (χ3n) is 4.20. The molecule has 8 nitrogen and oxygen atoms in total. The van der Waals surface area contributed by atoms with Crippen molar-refractivity contribution in [2.24, 2.45) is 0 Å². The van der Waals surface area contributed by atoms with Crippen LogP contribution in [0.3, 0.4) is 0 Å². The number of carbonyl (C=O) groups excluding carboxylic acids is 2. The minimum Gasteiger partial charge on any atom is -0.444 e. The number of H-pyrrole nitrogens is 1. The highest BCUT2D eigenvalue weighted by molar-refractivity contribution is 6.30. The van der Waals surface area contributed by atoms with Crippen LogP contribution in [0, 0.1) is 0 Å². The molecule has 1 aliphatic rings. The Hall–Kier alpha value is -1.80. The molecule has 2 rings (SSSR count). The number of nitrogens with zero attached hydrogens (tertiary/aromatic N) is 2. The Morgan fingerprint density at radius 3 is 2.63 bits per heavy atom. The predicted molar refractivity (Wildman–Crippen MR) is 102 cm³/mol. The number of rotatable bonds is 5. The van der Waals surface area contributed by atoms with Gasteiger partial charge in [0, 0.05) is 13.2 Å². The number of amides is 2. The van der Waals surface area contributed by atoms with Crippen LogP contribution in [-0.4, -0.2) is 64.3 Å². The van der Waals surface area contributed by atoms with Crippen molar-refractivity contribution in [3.8, 4) is 0 Å². The van der Waals surface area contributed by atoms with Crippen LogP contribution in [0.5, 0.6) is 0 Å². The van der Waals surface area contributed by atoms with Gasteiger partial charge in [0.05, 0.1) is 24.4 Å². The zero-order valence-corrected chi connectivity index (χ0v) is 17.4. The molecule has 1 aromatic rings. The topological polar surface area (TPSA) is 96.6 Å². The fourth-order valence-electron chi connectivity index (χ4n) is 2.92. The van der Waals surface area contributed by atoms with Gasteiger partial charge in [-0.25, -0.2) is 9.78 Å². The SMILES string of the molecule is CCO[C@H]1CN(C(=O)OC(C)(C)C)CC[C@H]1NC(=O)c1nc(Cl)c(CC)[nH]1. The van der Waals surface area contributed by atoms with Gasteiger partial charge in [0.25, 0.3) is 5.91 Å². The van der Waals surface area contributed by atoms with Gasteiger partial charge in [-0.1, -0.05) is 18.5 Å². The van der Waals surface area contributed by atoms with Gasteiger partial charge in [-0.05, 0) is 40.5 Å². The van der Waals surface area contributed by atoms with Gasteiger partial charge in [-0.15, -0.1) is 0 Å². The van der Waals surface area contributed by atoms with Gasteiger partial charge >= 0.3 is 6.09 Å². The van der Waals surface area contributed by atoms with Crippen molar-refractivity contribution in [1.29, 1.82) is 0 Å². The second kappa shape index (κ2) is 8.93. The van der Waals surface area contributed by atoms with E-state index in [1.165, 1.54) is 0 Å². The molecule has 9 heteroatoms. The molecule has 0 aliphatic carbocycles. The number of likely N-dealkylation sites (tertiary alicyclic amines) is 1. The molecule has 1 aliphatic heterocycles. The predicted octanol–water partition coefficient (Wildman–Crippen LogP) is 2.77.